The van der Waals surface area contributed by atoms with Crippen LogP contribution in [-0.2, 0) is 0 Å². The minimum Gasteiger partial charge on any atom is -0.508 e. The first-order valence-electron chi connectivity index (χ1n) is 7.48. The maximum absolute atomic E-state index is 9.90. The number of oxazole rings is 1. The lowest BCUT2D eigenvalue weighted by molar-refractivity contribution is 0.337. The second-order valence-electron chi connectivity index (χ2n) is 5.59. The largest absolute Gasteiger partial charge is 0.508 e. The summed E-state index contributed by atoms with van der Waals surface area (Å²) in [5, 5.41) is 14.2. The third kappa shape index (κ3) is 1.79. The minimum absolute atomic E-state index is 0.0863. The summed E-state index contributed by atoms with van der Waals surface area (Å²) < 4.78 is 11.0. The van der Waals surface area contributed by atoms with Crippen LogP contribution in [0.2, 0.25) is 0 Å². The number of benzene rings is 1. The molecule has 8 nitrogen and oxygen atoms in total. The number of aromatic amines is 1. The van der Waals surface area contributed by atoms with Crippen molar-refractivity contribution in [1.29, 1.82) is 0 Å². The highest BCUT2D eigenvalue weighted by Crippen LogP contribution is 2.42. The zero-order chi connectivity index (χ0) is 16.3. The van der Waals surface area contributed by atoms with Crippen LogP contribution in [0, 0.1) is 0 Å². The first kappa shape index (κ1) is 13.1. The lowest BCUT2D eigenvalue weighted by Gasteiger charge is -2.04. The van der Waals surface area contributed by atoms with E-state index in [1.165, 1.54) is 0 Å². The molecule has 0 spiro atoms. The second-order valence-corrected chi connectivity index (χ2v) is 5.59. The first-order valence-corrected chi connectivity index (χ1v) is 7.48. The Bertz CT molecular complexity index is 1100. The maximum atomic E-state index is 9.90. The van der Waals surface area contributed by atoms with Crippen molar-refractivity contribution in [3.8, 4) is 22.9 Å². The van der Waals surface area contributed by atoms with E-state index in [9.17, 15) is 5.11 Å². The molecule has 1 aliphatic heterocycles. The quantitative estimate of drug-likeness (QED) is 0.424. The summed E-state index contributed by atoms with van der Waals surface area (Å²) in [7, 11) is 0. The van der Waals surface area contributed by atoms with E-state index >= 15 is 0 Å². The highest BCUT2D eigenvalue weighted by Gasteiger charge is 2.21. The van der Waals surface area contributed by atoms with Crippen LogP contribution in [0.5, 0.6) is 11.5 Å². The molecule has 8 heteroatoms. The van der Waals surface area contributed by atoms with Gasteiger partial charge >= 0.3 is 0 Å². The van der Waals surface area contributed by atoms with Crippen LogP contribution in [-0.4, -0.2) is 33.2 Å². The smallest absolute Gasteiger partial charge is 0.294 e. The Morgan fingerprint density at radius 2 is 2.12 bits per heavy atom. The number of fused-ring (bicyclic) bond motifs is 1. The molecule has 4 aromatic rings. The zero-order valence-corrected chi connectivity index (χ0v) is 12.5. The average Bonchev–Trinajstić information content (AvgIpc) is 3.02. The molecule has 0 saturated carbocycles. The summed E-state index contributed by atoms with van der Waals surface area (Å²) in [6.07, 6.45) is 0. The lowest BCUT2D eigenvalue weighted by Crippen LogP contribution is -2.08. The number of rotatable bonds is 1. The Balaban J connectivity index is 1.79. The molecule has 120 valence electrons. The molecule has 0 bridgehead atoms. The van der Waals surface area contributed by atoms with Gasteiger partial charge in [0.1, 0.15) is 18.1 Å². The van der Waals surface area contributed by atoms with Gasteiger partial charge in [0.2, 0.25) is 5.65 Å². The summed E-state index contributed by atoms with van der Waals surface area (Å²) >= 11 is 0. The molecule has 3 aromatic heterocycles. The summed E-state index contributed by atoms with van der Waals surface area (Å²) in [6.45, 7) is 1.16. The van der Waals surface area contributed by atoms with E-state index in [-0.39, 0.29) is 11.8 Å². The Morgan fingerprint density at radius 1 is 1.21 bits per heavy atom. The number of hydrogen-bond acceptors (Lipinski definition) is 7. The third-order valence-corrected chi connectivity index (χ3v) is 4.03. The van der Waals surface area contributed by atoms with Crippen molar-refractivity contribution in [1.82, 2.24) is 15.0 Å². The fourth-order valence-electron chi connectivity index (χ4n) is 3.07. The first-order chi connectivity index (χ1) is 11.7. The van der Waals surface area contributed by atoms with E-state index in [0.717, 1.165) is 22.3 Å². The molecule has 5 rings (SSSR count). The Morgan fingerprint density at radius 3 is 3.04 bits per heavy atom. The van der Waals surface area contributed by atoms with Gasteiger partial charge < -0.3 is 30.3 Å². The number of phenolic OH excluding ortho intramolecular Hbond substituents is 1. The van der Waals surface area contributed by atoms with Gasteiger partial charge in [0.15, 0.2) is 5.58 Å². The van der Waals surface area contributed by atoms with Crippen molar-refractivity contribution in [3.63, 3.8) is 0 Å². The van der Waals surface area contributed by atoms with Gasteiger partial charge in [-0.25, -0.2) is 4.98 Å². The molecule has 0 amide bonds. The number of nitrogens with two attached hydrogens (primary N) is 1. The number of aromatic hydroxyl groups is 1. The van der Waals surface area contributed by atoms with E-state index in [1.54, 1.807) is 18.2 Å². The van der Waals surface area contributed by atoms with Gasteiger partial charge in [0, 0.05) is 18.7 Å². The molecule has 0 fully saturated rings. The van der Waals surface area contributed by atoms with Crippen LogP contribution in [0.25, 0.3) is 33.5 Å². The number of phenols is 1. The van der Waals surface area contributed by atoms with E-state index in [0.29, 0.717) is 35.8 Å². The van der Waals surface area contributed by atoms with Crippen LogP contribution in [0.3, 0.4) is 0 Å². The number of nitrogens with one attached hydrogen (secondary N) is 2. The molecule has 1 aliphatic rings. The van der Waals surface area contributed by atoms with E-state index < -0.39 is 0 Å². The summed E-state index contributed by atoms with van der Waals surface area (Å²) in [5.74, 6) is 0.783. The number of ether oxygens (including phenoxy) is 1. The number of anilines is 2. The Kier molecular flexibility index (Phi) is 2.47. The highest BCUT2D eigenvalue weighted by molar-refractivity contribution is 6.05. The third-order valence-electron chi connectivity index (χ3n) is 4.03. The van der Waals surface area contributed by atoms with Crippen LogP contribution in [0.15, 0.2) is 28.7 Å². The Hall–Kier alpha value is -3.42. The van der Waals surface area contributed by atoms with Gasteiger partial charge in [0.05, 0.1) is 28.0 Å². The number of pyridine rings is 1. The second kappa shape index (κ2) is 4.54. The SMILES string of the molecule is Nc1nc2nc(-c3[nH]c4cc(O)cc5c4c3NCCO5)ccc2o1. The van der Waals surface area contributed by atoms with Gasteiger partial charge in [-0.2, -0.15) is 4.98 Å². The predicted molar refractivity (Wildman–Crippen MR) is 89.2 cm³/mol. The van der Waals surface area contributed by atoms with Crippen molar-refractivity contribution in [2.75, 3.05) is 24.2 Å². The maximum Gasteiger partial charge on any atom is 0.294 e. The minimum atomic E-state index is 0.0863. The molecule has 0 unspecified atom stereocenters. The monoisotopic (exact) mass is 323 g/mol. The topological polar surface area (TPSA) is 122 Å². The van der Waals surface area contributed by atoms with Gasteiger partial charge in [-0.15, -0.1) is 0 Å². The number of nitrogen functional groups attached to an aromatic ring is 1. The number of hydrogen-bond donors (Lipinski definition) is 4. The number of aromatic nitrogens is 3. The van der Waals surface area contributed by atoms with E-state index in [4.69, 9.17) is 14.9 Å². The van der Waals surface area contributed by atoms with Crippen molar-refractivity contribution in [2.45, 2.75) is 0 Å². The summed E-state index contributed by atoms with van der Waals surface area (Å²) in [6, 6.07) is 6.98. The van der Waals surface area contributed by atoms with E-state index in [2.05, 4.69) is 20.3 Å². The standard InChI is InChI=1S/C16H13N5O3/c17-16-21-15-10(24-16)2-1-8(20-15)13-14-12-9(19-13)5-7(22)6-11(12)23-4-3-18-14/h1-2,5-6,18-19,22H,3-4H2,(H2,17,20,21). The molecular formula is C16H13N5O3. The molecule has 0 aliphatic carbocycles. The van der Waals surface area contributed by atoms with Gasteiger partial charge in [0.25, 0.3) is 6.01 Å². The molecule has 1 aromatic carbocycles. The van der Waals surface area contributed by atoms with Gasteiger partial charge in [-0.05, 0) is 12.1 Å². The molecule has 4 heterocycles. The van der Waals surface area contributed by atoms with Crippen LogP contribution in [0.1, 0.15) is 0 Å². The zero-order valence-electron chi connectivity index (χ0n) is 12.5. The normalized spacial score (nSPS) is 13.7. The van der Waals surface area contributed by atoms with Crippen molar-refractivity contribution in [2.24, 2.45) is 0 Å². The fourth-order valence-corrected chi connectivity index (χ4v) is 3.07. The highest BCUT2D eigenvalue weighted by atomic mass is 16.5. The number of nitrogens with zero attached hydrogens (tertiary/aromatic N) is 2. The molecule has 0 saturated heterocycles. The molecule has 5 N–H and O–H groups in total. The summed E-state index contributed by atoms with van der Waals surface area (Å²) in [4.78, 5) is 11.9. The number of H-pyrrole nitrogens is 1. The van der Waals surface area contributed by atoms with Gasteiger partial charge in [-0.1, -0.05) is 0 Å². The van der Waals surface area contributed by atoms with Crippen molar-refractivity contribution < 1.29 is 14.3 Å². The van der Waals surface area contributed by atoms with Crippen LogP contribution in [0.4, 0.5) is 11.7 Å². The predicted octanol–water partition coefficient (Wildman–Crippen LogP) is 2.46. The molecule has 0 atom stereocenters. The molecule has 24 heavy (non-hydrogen) atoms. The molecule has 0 radical (unpaired) electrons. The van der Waals surface area contributed by atoms with Gasteiger partial charge in [-0.3, -0.25) is 0 Å². The Labute approximate surface area is 135 Å². The fraction of sp³-hybridized carbons (Fsp3) is 0.125. The van der Waals surface area contributed by atoms with E-state index in [1.807, 2.05) is 6.07 Å². The lowest BCUT2D eigenvalue weighted by atomic mass is 10.1. The van der Waals surface area contributed by atoms with Crippen LogP contribution >= 0.6 is 0 Å². The average molecular weight is 323 g/mol. The molecular weight excluding hydrogens is 310 g/mol. The summed E-state index contributed by atoms with van der Waals surface area (Å²) in [5.41, 5.74) is 9.72. The van der Waals surface area contributed by atoms with Crippen LogP contribution < -0.4 is 15.8 Å². The van der Waals surface area contributed by atoms with Crippen molar-refractivity contribution >= 4 is 33.8 Å². The van der Waals surface area contributed by atoms with Crippen molar-refractivity contribution in [3.05, 3.63) is 24.3 Å².